The molecule has 0 aromatic rings. The van der Waals surface area contributed by atoms with Crippen LogP contribution in [0.3, 0.4) is 0 Å². The molecule has 1 atom stereocenters. The Kier molecular flexibility index (Phi) is 7.33. The van der Waals surface area contributed by atoms with Gasteiger partial charge in [0.15, 0.2) is 8.32 Å². The molecule has 0 N–H and O–H groups in total. The summed E-state index contributed by atoms with van der Waals surface area (Å²) in [6, 6.07) is 0. The standard InChI is InChI=1S/C11H24OS2Si/c1-9(2)10(12-15(5,6)7)8-11(13-3)14-4/h10-11H,1,8H2,2-7H3. The summed E-state index contributed by atoms with van der Waals surface area (Å²) in [4.78, 5) is 0. The fraction of sp³-hybridized carbons (Fsp3) is 0.818. The summed E-state index contributed by atoms with van der Waals surface area (Å²) in [5.74, 6) is 0. The second-order valence-corrected chi connectivity index (χ2v) is 11.5. The fourth-order valence-electron chi connectivity index (χ4n) is 1.24. The van der Waals surface area contributed by atoms with Crippen molar-refractivity contribution < 1.29 is 4.43 Å². The summed E-state index contributed by atoms with van der Waals surface area (Å²) in [6.07, 6.45) is 5.62. The minimum absolute atomic E-state index is 0.238. The van der Waals surface area contributed by atoms with Gasteiger partial charge in [-0.1, -0.05) is 12.2 Å². The second-order valence-electron chi connectivity index (χ2n) is 4.70. The molecule has 0 spiro atoms. The van der Waals surface area contributed by atoms with E-state index < -0.39 is 8.32 Å². The normalized spacial score (nSPS) is 14.3. The number of hydrogen-bond acceptors (Lipinski definition) is 3. The van der Waals surface area contributed by atoms with Gasteiger partial charge in [-0.2, -0.15) is 23.5 Å². The molecule has 0 aromatic heterocycles. The van der Waals surface area contributed by atoms with E-state index in [1.54, 1.807) is 0 Å². The van der Waals surface area contributed by atoms with E-state index >= 15 is 0 Å². The van der Waals surface area contributed by atoms with Crippen LogP contribution in [0.25, 0.3) is 0 Å². The first-order valence-electron chi connectivity index (χ1n) is 5.19. The number of rotatable bonds is 7. The van der Waals surface area contributed by atoms with Gasteiger partial charge in [-0.25, -0.2) is 0 Å². The van der Waals surface area contributed by atoms with Crippen LogP contribution in [0.1, 0.15) is 13.3 Å². The van der Waals surface area contributed by atoms with Crippen LogP contribution < -0.4 is 0 Å². The van der Waals surface area contributed by atoms with Crippen LogP contribution in [0.4, 0.5) is 0 Å². The number of thioether (sulfide) groups is 2. The van der Waals surface area contributed by atoms with Crippen molar-refractivity contribution in [3.05, 3.63) is 12.2 Å². The van der Waals surface area contributed by atoms with E-state index in [2.05, 4.69) is 45.7 Å². The van der Waals surface area contributed by atoms with Gasteiger partial charge in [-0.15, -0.1) is 0 Å². The lowest BCUT2D eigenvalue weighted by Crippen LogP contribution is -2.33. The lowest BCUT2D eigenvalue weighted by atomic mass is 10.1. The monoisotopic (exact) mass is 264 g/mol. The van der Waals surface area contributed by atoms with Gasteiger partial charge in [0.1, 0.15) is 0 Å². The Hall–Kier alpha value is 0.617. The molecule has 0 bridgehead atoms. The highest BCUT2D eigenvalue weighted by Gasteiger charge is 2.23. The Labute approximate surface area is 105 Å². The SMILES string of the molecule is C=C(C)C(CC(SC)SC)O[Si](C)(C)C. The Bertz CT molecular complexity index is 197. The molecule has 0 aliphatic carbocycles. The van der Waals surface area contributed by atoms with Crippen molar-refractivity contribution in [1.29, 1.82) is 0 Å². The Balaban J connectivity index is 4.34. The third-order valence-corrected chi connectivity index (χ3v) is 5.56. The van der Waals surface area contributed by atoms with E-state index in [0.717, 1.165) is 12.0 Å². The molecule has 0 amide bonds. The first-order chi connectivity index (χ1) is 6.80. The summed E-state index contributed by atoms with van der Waals surface area (Å²) in [7, 11) is -1.45. The van der Waals surface area contributed by atoms with Crippen LogP contribution in [0.2, 0.25) is 19.6 Å². The zero-order valence-electron chi connectivity index (χ0n) is 10.8. The van der Waals surface area contributed by atoms with Gasteiger partial charge in [-0.3, -0.25) is 0 Å². The lowest BCUT2D eigenvalue weighted by Gasteiger charge is -2.28. The molecule has 0 fully saturated rings. The molecule has 0 saturated heterocycles. The average molecular weight is 265 g/mol. The third-order valence-electron chi connectivity index (χ3n) is 1.98. The smallest absolute Gasteiger partial charge is 0.184 e. The predicted octanol–water partition coefficient (Wildman–Crippen LogP) is 4.22. The number of hydrogen-bond donors (Lipinski definition) is 0. The molecule has 0 aliphatic heterocycles. The molecule has 0 aromatic carbocycles. The maximum absolute atomic E-state index is 6.15. The zero-order chi connectivity index (χ0) is 12.1. The molecule has 0 rings (SSSR count). The van der Waals surface area contributed by atoms with Crippen LogP contribution in [0.15, 0.2) is 12.2 Å². The molecule has 0 radical (unpaired) electrons. The van der Waals surface area contributed by atoms with Gasteiger partial charge < -0.3 is 4.43 Å². The first kappa shape index (κ1) is 15.6. The largest absolute Gasteiger partial charge is 0.411 e. The summed E-state index contributed by atoms with van der Waals surface area (Å²) < 4.78 is 6.76. The minimum atomic E-state index is -1.45. The van der Waals surface area contributed by atoms with Crippen molar-refractivity contribution in [1.82, 2.24) is 0 Å². The van der Waals surface area contributed by atoms with Crippen molar-refractivity contribution in [2.24, 2.45) is 0 Å². The van der Waals surface area contributed by atoms with Gasteiger partial charge in [0.25, 0.3) is 0 Å². The van der Waals surface area contributed by atoms with Crippen LogP contribution in [0.5, 0.6) is 0 Å². The molecule has 0 aliphatic rings. The van der Waals surface area contributed by atoms with Gasteiger partial charge in [0.05, 0.1) is 10.7 Å². The van der Waals surface area contributed by atoms with Gasteiger partial charge >= 0.3 is 0 Å². The highest BCUT2D eigenvalue weighted by atomic mass is 32.2. The van der Waals surface area contributed by atoms with Crippen molar-refractivity contribution in [2.45, 2.75) is 43.7 Å². The maximum atomic E-state index is 6.15. The third kappa shape index (κ3) is 7.50. The van der Waals surface area contributed by atoms with Crippen LogP contribution >= 0.6 is 23.5 Å². The quantitative estimate of drug-likeness (QED) is 0.387. The van der Waals surface area contributed by atoms with Crippen LogP contribution in [-0.4, -0.2) is 31.5 Å². The molecule has 1 nitrogen and oxygen atoms in total. The summed E-state index contributed by atoms with van der Waals surface area (Å²) >= 11 is 3.80. The fourth-order valence-corrected chi connectivity index (χ4v) is 3.90. The van der Waals surface area contributed by atoms with Crippen LogP contribution in [-0.2, 0) is 4.43 Å². The highest BCUT2D eigenvalue weighted by Crippen LogP contribution is 2.28. The van der Waals surface area contributed by atoms with E-state index in [1.165, 1.54) is 0 Å². The van der Waals surface area contributed by atoms with E-state index in [-0.39, 0.29) is 6.10 Å². The average Bonchev–Trinajstić information content (AvgIpc) is 2.09. The summed E-state index contributed by atoms with van der Waals surface area (Å²) in [6.45, 7) is 12.8. The molecular weight excluding hydrogens is 240 g/mol. The molecule has 4 heteroatoms. The molecular formula is C11H24OS2Si. The Morgan fingerprint density at radius 1 is 1.27 bits per heavy atom. The first-order valence-corrected chi connectivity index (χ1v) is 11.2. The van der Waals surface area contributed by atoms with Crippen molar-refractivity contribution in [2.75, 3.05) is 12.5 Å². The predicted molar refractivity (Wildman–Crippen MR) is 78.5 cm³/mol. The lowest BCUT2D eigenvalue weighted by molar-refractivity contribution is 0.225. The van der Waals surface area contributed by atoms with Gasteiger partial charge in [0, 0.05) is 0 Å². The van der Waals surface area contributed by atoms with E-state index in [9.17, 15) is 0 Å². The van der Waals surface area contributed by atoms with Crippen molar-refractivity contribution in [3.8, 4) is 0 Å². The van der Waals surface area contributed by atoms with E-state index in [4.69, 9.17) is 4.43 Å². The Morgan fingerprint density at radius 2 is 1.73 bits per heavy atom. The molecule has 15 heavy (non-hydrogen) atoms. The molecule has 1 unspecified atom stereocenters. The zero-order valence-corrected chi connectivity index (χ0v) is 13.4. The van der Waals surface area contributed by atoms with E-state index in [1.807, 2.05) is 23.5 Å². The van der Waals surface area contributed by atoms with E-state index in [0.29, 0.717) is 4.58 Å². The summed E-state index contributed by atoms with van der Waals surface area (Å²) in [5, 5.41) is 0. The van der Waals surface area contributed by atoms with Gasteiger partial charge in [-0.05, 0) is 45.5 Å². The highest BCUT2D eigenvalue weighted by molar-refractivity contribution is 8.16. The van der Waals surface area contributed by atoms with Crippen molar-refractivity contribution in [3.63, 3.8) is 0 Å². The minimum Gasteiger partial charge on any atom is -0.411 e. The molecule has 0 saturated carbocycles. The summed E-state index contributed by atoms with van der Waals surface area (Å²) in [5.41, 5.74) is 1.16. The van der Waals surface area contributed by atoms with Crippen molar-refractivity contribution >= 4 is 31.8 Å². The van der Waals surface area contributed by atoms with Crippen LogP contribution in [0, 0.1) is 0 Å². The second kappa shape index (κ2) is 7.04. The molecule has 0 heterocycles. The van der Waals surface area contributed by atoms with Gasteiger partial charge in [0.2, 0.25) is 0 Å². The maximum Gasteiger partial charge on any atom is 0.184 e. The topological polar surface area (TPSA) is 9.23 Å². The molecule has 90 valence electrons. The Morgan fingerprint density at radius 3 is 2.00 bits per heavy atom.